The average Bonchev–Trinajstić information content (AvgIpc) is 2.42. The third-order valence-electron chi connectivity index (χ3n) is 2.78. The quantitative estimate of drug-likeness (QED) is 0.681. The summed E-state index contributed by atoms with van der Waals surface area (Å²) < 4.78 is 5.49. The van der Waals surface area contributed by atoms with Gasteiger partial charge in [0.15, 0.2) is 0 Å². The SMILES string of the molecule is CCCCOCCNC(CC#N)c1ccccc1. The van der Waals surface area contributed by atoms with Crippen LogP contribution in [0.2, 0.25) is 0 Å². The van der Waals surface area contributed by atoms with E-state index in [0.29, 0.717) is 13.0 Å². The molecule has 98 valence electrons. The molecule has 0 amide bonds. The first kappa shape index (κ1) is 14.7. The maximum absolute atomic E-state index is 8.85. The van der Waals surface area contributed by atoms with Crippen LogP contribution in [0.3, 0.4) is 0 Å². The Kier molecular flexibility index (Phi) is 7.87. The van der Waals surface area contributed by atoms with E-state index in [1.807, 2.05) is 30.3 Å². The predicted octanol–water partition coefficient (Wildman–Crippen LogP) is 3.05. The number of benzene rings is 1. The summed E-state index contributed by atoms with van der Waals surface area (Å²) in [6.07, 6.45) is 2.76. The van der Waals surface area contributed by atoms with Crippen LogP contribution in [0.4, 0.5) is 0 Å². The van der Waals surface area contributed by atoms with Gasteiger partial charge >= 0.3 is 0 Å². The standard InChI is InChI=1S/C15H22N2O/c1-2-3-12-18-13-11-17-15(9-10-16)14-7-5-4-6-8-14/h4-8,15,17H,2-3,9,11-13H2,1H3. The van der Waals surface area contributed by atoms with E-state index in [4.69, 9.17) is 10.00 Å². The molecule has 0 radical (unpaired) electrons. The summed E-state index contributed by atoms with van der Waals surface area (Å²) >= 11 is 0. The van der Waals surface area contributed by atoms with E-state index in [1.165, 1.54) is 0 Å². The van der Waals surface area contributed by atoms with Crippen molar-refractivity contribution in [2.45, 2.75) is 32.2 Å². The van der Waals surface area contributed by atoms with Crippen molar-refractivity contribution >= 4 is 0 Å². The molecule has 0 spiro atoms. The third-order valence-corrected chi connectivity index (χ3v) is 2.78. The highest BCUT2D eigenvalue weighted by molar-refractivity contribution is 5.19. The molecule has 0 bridgehead atoms. The second-order valence-electron chi connectivity index (χ2n) is 4.25. The number of nitriles is 1. The highest BCUT2D eigenvalue weighted by Crippen LogP contribution is 2.15. The Morgan fingerprint density at radius 1 is 1.28 bits per heavy atom. The van der Waals surface area contributed by atoms with E-state index >= 15 is 0 Å². The third kappa shape index (κ3) is 5.81. The van der Waals surface area contributed by atoms with Crippen molar-refractivity contribution in [1.82, 2.24) is 5.32 Å². The molecule has 1 N–H and O–H groups in total. The average molecular weight is 246 g/mol. The van der Waals surface area contributed by atoms with Crippen LogP contribution in [-0.2, 0) is 4.74 Å². The van der Waals surface area contributed by atoms with Gasteiger partial charge in [-0.2, -0.15) is 5.26 Å². The molecule has 0 saturated carbocycles. The minimum Gasteiger partial charge on any atom is -0.380 e. The number of hydrogen-bond donors (Lipinski definition) is 1. The first-order valence-corrected chi connectivity index (χ1v) is 6.61. The molecule has 1 aromatic carbocycles. The summed E-state index contributed by atoms with van der Waals surface area (Å²) in [6, 6.07) is 12.4. The Balaban J connectivity index is 2.29. The highest BCUT2D eigenvalue weighted by Gasteiger charge is 2.09. The van der Waals surface area contributed by atoms with Crippen molar-refractivity contribution in [2.24, 2.45) is 0 Å². The van der Waals surface area contributed by atoms with Gasteiger partial charge < -0.3 is 10.1 Å². The van der Waals surface area contributed by atoms with Gasteiger partial charge in [0.2, 0.25) is 0 Å². The smallest absolute Gasteiger partial charge is 0.0641 e. The second kappa shape index (κ2) is 9.64. The largest absolute Gasteiger partial charge is 0.380 e. The number of rotatable bonds is 9. The molecule has 3 heteroatoms. The molecule has 3 nitrogen and oxygen atoms in total. The van der Waals surface area contributed by atoms with Gasteiger partial charge in [-0.25, -0.2) is 0 Å². The topological polar surface area (TPSA) is 45.0 Å². The molecule has 0 heterocycles. The van der Waals surface area contributed by atoms with Gasteiger partial charge in [-0.15, -0.1) is 0 Å². The number of hydrogen-bond acceptors (Lipinski definition) is 3. The summed E-state index contributed by atoms with van der Waals surface area (Å²) in [5, 5.41) is 12.2. The van der Waals surface area contributed by atoms with Gasteiger partial charge in [0.25, 0.3) is 0 Å². The Bertz CT molecular complexity index is 345. The Morgan fingerprint density at radius 2 is 2.06 bits per heavy atom. The van der Waals surface area contributed by atoms with Crippen molar-refractivity contribution < 1.29 is 4.74 Å². The van der Waals surface area contributed by atoms with Crippen molar-refractivity contribution in [3.63, 3.8) is 0 Å². The summed E-state index contributed by atoms with van der Waals surface area (Å²) in [5.41, 5.74) is 1.16. The van der Waals surface area contributed by atoms with E-state index in [0.717, 1.165) is 31.6 Å². The lowest BCUT2D eigenvalue weighted by molar-refractivity contribution is 0.131. The van der Waals surface area contributed by atoms with E-state index in [9.17, 15) is 0 Å². The van der Waals surface area contributed by atoms with Gasteiger partial charge in [0.05, 0.1) is 19.1 Å². The van der Waals surface area contributed by atoms with Crippen LogP contribution in [0.25, 0.3) is 0 Å². The number of unbranched alkanes of at least 4 members (excludes halogenated alkanes) is 1. The fourth-order valence-corrected chi connectivity index (χ4v) is 1.74. The molecule has 1 rings (SSSR count). The zero-order valence-electron chi connectivity index (χ0n) is 11.1. The molecule has 0 saturated heterocycles. The minimum atomic E-state index is 0.103. The van der Waals surface area contributed by atoms with Crippen LogP contribution >= 0.6 is 0 Å². The molecular formula is C15H22N2O. The summed E-state index contributed by atoms with van der Waals surface area (Å²) in [5.74, 6) is 0. The fraction of sp³-hybridized carbons (Fsp3) is 0.533. The molecule has 0 aliphatic heterocycles. The lowest BCUT2D eigenvalue weighted by Gasteiger charge is -2.16. The Morgan fingerprint density at radius 3 is 2.72 bits per heavy atom. The van der Waals surface area contributed by atoms with E-state index < -0.39 is 0 Å². The first-order valence-electron chi connectivity index (χ1n) is 6.61. The van der Waals surface area contributed by atoms with Crippen LogP contribution in [-0.4, -0.2) is 19.8 Å². The molecule has 1 atom stereocenters. The van der Waals surface area contributed by atoms with Gasteiger partial charge in [-0.3, -0.25) is 0 Å². The highest BCUT2D eigenvalue weighted by atomic mass is 16.5. The lowest BCUT2D eigenvalue weighted by Crippen LogP contribution is -2.25. The lowest BCUT2D eigenvalue weighted by atomic mass is 10.0. The number of ether oxygens (including phenoxy) is 1. The number of nitrogens with one attached hydrogen (secondary N) is 1. The second-order valence-corrected chi connectivity index (χ2v) is 4.25. The molecule has 1 unspecified atom stereocenters. The van der Waals surface area contributed by atoms with Crippen molar-refractivity contribution in [3.8, 4) is 6.07 Å². The van der Waals surface area contributed by atoms with E-state index in [2.05, 4.69) is 18.3 Å². The van der Waals surface area contributed by atoms with Crippen LogP contribution in [0.15, 0.2) is 30.3 Å². The fourth-order valence-electron chi connectivity index (χ4n) is 1.74. The van der Waals surface area contributed by atoms with Crippen molar-refractivity contribution in [2.75, 3.05) is 19.8 Å². The molecule has 1 aromatic rings. The molecule has 18 heavy (non-hydrogen) atoms. The van der Waals surface area contributed by atoms with Gasteiger partial charge in [-0.05, 0) is 12.0 Å². The maximum atomic E-state index is 8.85. The zero-order valence-corrected chi connectivity index (χ0v) is 11.1. The van der Waals surface area contributed by atoms with Gasteiger partial charge in [0.1, 0.15) is 0 Å². The minimum absolute atomic E-state index is 0.103. The van der Waals surface area contributed by atoms with Crippen LogP contribution in [0.5, 0.6) is 0 Å². The molecule has 0 fully saturated rings. The van der Waals surface area contributed by atoms with Crippen LogP contribution < -0.4 is 5.32 Å². The molecule has 0 aliphatic carbocycles. The molecule has 0 aromatic heterocycles. The van der Waals surface area contributed by atoms with Gasteiger partial charge in [-0.1, -0.05) is 43.7 Å². The van der Waals surface area contributed by atoms with E-state index in [-0.39, 0.29) is 6.04 Å². The van der Waals surface area contributed by atoms with E-state index in [1.54, 1.807) is 0 Å². The summed E-state index contributed by atoms with van der Waals surface area (Å²) in [7, 11) is 0. The van der Waals surface area contributed by atoms with Crippen molar-refractivity contribution in [3.05, 3.63) is 35.9 Å². The summed E-state index contributed by atoms with van der Waals surface area (Å²) in [6.45, 7) is 4.46. The Labute approximate surface area is 110 Å². The Hall–Kier alpha value is -1.37. The first-order chi connectivity index (χ1) is 8.88. The van der Waals surface area contributed by atoms with Gasteiger partial charge in [0, 0.05) is 19.2 Å². The summed E-state index contributed by atoms with van der Waals surface area (Å²) in [4.78, 5) is 0. The zero-order chi connectivity index (χ0) is 13.1. The molecular weight excluding hydrogens is 224 g/mol. The number of nitrogens with zero attached hydrogens (tertiary/aromatic N) is 1. The van der Waals surface area contributed by atoms with Crippen LogP contribution in [0, 0.1) is 11.3 Å². The normalized spacial score (nSPS) is 12.0. The maximum Gasteiger partial charge on any atom is 0.0641 e. The predicted molar refractivity (Wildman–Crippen MR) is 73.1 cm³/mol. The van der Waals surface area contributed by atoms with Crippen molar-refractivity contribution in [1.29, 1.82) is 5.26 Å². The monoisotopic (exact) mass is 246 g/mol. The van der Waals surface area contributed by atoms with Crippen LogP contribution in [0.1, 0.15) is 37.8 Å². The molecule has 0 aliphatic rings.